The van der Waals surface area contributed by atoms with E-state index in [0.717, 1.165) is 61.2 Å². The Morgan fingerprint density at radius 3 is 1.57 bits per heavy atom. The number of fused-ring (bicyclic) bond motifs is 2. The molecule has 11 nitrogen and oxygen atoms in total. The highest BCUT2D eigenvalue weighted by Crippen LogP contribution is 2.40. The van der Waals surface area contributed by atoms with E-state index in [1.54, 1.807) is 36.4 Å². The number of hydrogen-bond donors (Lipinski definition) is 1. The van der Waals surface area contributed by atoms with E-state index in [-0.39, 0.29) is 71.4 Å². The average molecular weight is 817 g/mol. The minimum atomic E-state index is -1.16. The first kappa shape index (κ1) is 40.4. The summed E-state index contributed by atoms with van der Waals surface area (Å²) in [4.78, 5) is 51.4. The largest absolute Gasteiger partial charge is 0.490 e. The molecule has 54 heavy (non-hydrogen) atoms. The minimum Gasteiger partial charge on any atom is -0.490 e. The van der Waals surface area contributed by atoms with E-state index in [9.17, 15) is 24.3 Å². The van der Waals surface area contributed by atoms with Crippen molar-refractivity contribution >= 4 is 77.1 Å². The maximum absolute atomic E-state index is 13.1. The SMILES string of the molecule is O=C(OCCCCCC1CCSS1)c1cc(=O)c2c(OCC(O)COc3cccc4oc(C(=O)OCCCCCC5CCSS5)cc(=O)c34)cccc2o1. The summed E-state index contributed by atoms with van der Waals surface area (Å²) in [5.41, 5.74) is -0.697. The second-order valence-electron chi connectivity index (χ2n) is 13.1. The van der Waals surface area contributed by atoms with Crippen LogP contribution in [0.15, 0.2) is 67.0 Å². The molecule has 0 saturated carbocycles. The molecule has 2 aromatic heterocycles. The van der Waals surface area contributed by atoms with Gasteiger partial charge in [0, 0.05) is 34.1 Å². The van der Waals surface area contributed by atoms with Gasteiger partial charge in [0.15, 0.2) is 10.9 Å². The zero-order valence-electron chi connectivity index (χ0n) is 29.8. The fourth-order valence-corrected chi connectivity index (χ4v) is 12.2. The number of aliphatic hydroxyl groups excluding tert-OH is 1. The molecule has 0 radical (unpaired) electrons. The molecule has 0 amide bonds. The van der Waals surface area contributed by atoms with Gasteiger partial charge in [0.25, 0.3) is 0 Å². The lowest BCUT2D eigenvalue weighted by atomic mass is 10.1. The molecule has 2 aliphatic rings. The van der Waals surface area contributed by atoms with Gasteiger partial charge in [-0.15, -0.1) is 0 Å². The van der Waals surface area contributed by atoms with Crippen LogP contribution in [-0.4, -0.2) is 71.6 Å². The number of carbonyl (C=O) groups is 2. The van der Waals surface area contributed by atoms with Crippen molar-refractivity contribution in [2.45, 2.75) is 80.8 Å². The third-order valence-electron chi connectivity index (χ3n) is 8.96. The molecule has 290 valence electrons. The van der Waals surface area contributed by atoms with Gasteiger partial charge in [-0.05, 0) is 62.8 Å². The third-order valence-corrected chi connectivity index (χ3v) is 15.0. The van der Waals surface area contributed by atoms with Crippen molar-refractivity contribution < 1.29 is 42.5 Å². The molecule has 2 fully saturated rings. The van der Waals surface area contributed by atoms with Gasteiger partial charge >= 0.3 is 11.9 Å². The molecule has 2 aromatic carbocycles. The molecule has 1 N–H and O–H groups in total. The first-order valence-electron chi connectivity index (χ1n) is 18.3. The van der Waals surface area contributed by atoms with Crippen LogP contribution in [0.4, 0.5) is 0 Å². The van der Waals surface area contributed by atoms with Gasteiger partial charge in [-0.25, -0.2) is 9.59 Å². The Hall–Kier alpha value is -3.24. The lowest BCUT2D eigenvalue weighted by Crippen LogP contribution is -2.25. The van der Waals surface area contributed by atoms with Crippen LogP contribution in [0.5, 0.6) is 11.5 Å². The van der Waals surface area contributed by atoms with Gasteiger partial charge in [-0.3, -0.25) is 9.59 Å². The number of benzene rings is 2. The maximum Gasteiger partial charge on any atom is 0.374 e. The molecule has 4 heterocycles. The van der Waals surface area contributed by atoms with Crippen molar-refractivity contribution in [3.8, 4) is 11.5 Å². The second-order valence-corrected chi connectivity index (χ2v) is 18.7. The van der Waals surface area contributed by atoms with E-state index in [4.69, 9.17) is 27.8 Å². The van der Waals surface area contributed by atoms with Gasteiger partial charge in [-0.1, -0.05) is 81.0 Å². The van der Waals surface area contributed by atoms with Crippen molar-refractivity contribution in [3.05, 3.63) is 80.5 Å². The number of unbranched alkanes of at least 4 members (excludes halogenated alkanes) is 4. The molecule has 0 aliphatic carbocycles. The fourth-order valence-electron chi connectivity index (χ4n) is 6.12. The Kier molecular flexibility index (Phi) is 15.4. The molecule has 2 atom stereocenters. The summed E-state index contributed by atoms with van der Waals surface area (Å²) in [6.45, 7) is -0.0207. The van der Waals surface area contributed by atoms with Crippen LogP contribution in [0.2, 0.25) is 0 Å². The van der Waals surface area contributed by atoms with E-state index >= 15 is 0 Å². The van der Waals surface area contributed by atoms with E-state index in [0.29, 0.717) is 0 Å². The molecule has 2 aliphatic heterocycles. The monoisotopic (exact) mass is 816 g/mol. The Balaban J connectivity index is 0.967. The number of hydrogen-bond acceptors (Lipinski definition) is 15. The third kappa shape index (κ3) is 11.4. The van der Waals surface area contributed by atoms with Crippen LogP contribution in [0.3, 0.4) is 0 Å². The van der Waals surface area contributed by atoms with Gasteiger partial charge < -0.3 is 32.9 Å². The second kappa shape index (κ2) is 20.6. The molecule has 2 saturated heterocycles. The Bertz CT molecular complexity index is 1840. The molecule has 2 unspecified atom stereocenters. The number of aliphatic hydroxyl groups is 1. The highest BCUT2D eigenvalue weighted by molar-refractivity contribution is 8.77. The van der Waals surface area contributed by atoms with E-state index < -0.39 is 28.9 Å². The number of ether oxygens (including phenoxy) is 4. The van der Waals surface area contributed by atoms with Crippen LogP contribution in [-0.2, 0) is 9.47 Å². The summed E-state index contributed by atoms with van der Waals surface area (Å²) in [7, 11) is 7.78. The summed E-state index contributed by atoms with van der Waals surface area (Å²) in [5.74, 6) is 0.948. The number of carbonyl (C=O) groups excluding carboxylic acids is 2. The van der Waals surface area contributed by atoms with Crippen molar-refractivity contribution in [2.75, 3.05) is 37.9 Å². The average Bonchev–Trinajstić information content (AvgIpc) is 3.90. The standard InChI is InChI=1S/C39H44O11S4/c40-25(23-47-30-11-7-13-32-36(30)28(41)21-34(49-32)38(43)45-17-5-1-3-9-26-15-19-51-53-26)24-48-31-12-8-14-33-37(31)29(42)22-35(50-33)39(44)46-18-6-2-4-10-27-16-20-52-54-27/h7-8,11-14,21-22,25-27,40H,1-6,9-10,15-20,23-24H2. The summed E-state index contributed by atoms with van der Waals surface area (Å²) in [6, 6.07) is 11.6. The van der Waals surface area contributed by atoms with E-state index in [1.807, 2.05) is 43.2 Å². The van der Waals surface area contributed by atoms with E-state index in [2.05, 4.69) is 0 Å². The zero-order valence-corrected chi connectivity index (χ0v) is 33.1. The quantitative estimate of drug-likeness (QED) is 0.0515. The fraction of sp³-hybridized carbons (Fsp3) is 0.487. The molecule has 15 heteroatoms. The van der Waals surface area contributed by atoms with Gasteiger partial charge in [0.2, 0.25) is 11.5 Å². The molecule has 0 spiro atoms. The predicted octanol–water partition coefficient (Wildman–Crippen LogP) is 8.46. The minimum absolute atomic E-state index is 0.115. The highest BCUT2D eigenvalue weighted by atomic mass is 33.1. The Labute approximate surface area is 328 Å². The molecule has 6 rings (SSSR count). The summed E-state index contributed by atoms with van der Waals surface area (Å²) < 4.78 is 33.7. The van der Waals surface area contributed by atoms with Crippen LogP contribution in [0, 0.1) is 0 Å². The zero-order chi connectivity index (χ0) is 37.7. The molecule has 0 bridgehead atoms. The predicted molar refractivity (Wildman–Crippen MR) is 216 cm³/mol. The van der Waals surface area contributed by atoms with Crippen LogP contribution >= 0.6 is 43.2 Å². The first-order chi connectivity index (χ1) is 26.4. The van der Waals surface area contributed by atoms with Crippen LogP contribution in [0.25, 0.3) is 21.9 Å². The lowest BCUT2D eigenvalue weighted by molar-refractivity contribution is 0.0453. The number of esters is 2. The van der Waals surface area contributed by atoms with Gasteiger partial charge in [0.1, 0.15) is 52.8 Å². The summed E-state index contributed by atoms with van der Waals surface area (Å²) >= 11 is 0. The number of rotatable bonds is 20. The van der Waals surface area contributed by atoms with Crippen molar-refractivity contribution in [2.24, 2.45) is 0 Å². The molecular formula is C39H44O11S4. The smallest absolute Gasteiger partial charge is 0.374 e. The molecule has 4 aromatic rings. The summed E-state index contributed by atoms with van der Waals surface area (Å²) in [5, 5.41) is 12.4. The van der Waals surface area contributed by atoms with Crippen molar-refractivity contribution in [1.29, 1.82) is 0 Å². The first-order valence-corrected chi connectivity index (χ1v) is 23.1. The maximum atomic E-state index is 13.1. The topological polar surface area (TPSA) is 152 Å². The van der Waals surface area contributed by atoms with Crippen molar-refractivity contribution in [1.82, 2.24) is 0 Å². The Morgan fingerprint density at radius 1 is 0.685 bits per heavy atom. The van der Waals surface area contributed by atoms with Gasteiger partial charge in [-0.2, -0.15) is 0 Å². The highest BCUT2D eigenvalue weighted by Gasteiger charge is 2.21. The normalized spacial score (nSPS) is 17.5. The van der Waals surface area contributed by atoms with Crippen molar-refractivity contribution in [3.63, 3.8) is 0 Å². The van der Waals surface area contributed by atoms with Crippen LogP contribution < -0.4 is 20.3 Å². The summed E-state index contributed by atoms with van der Waals surface area (Å²) in [6.07, 6.45) is 9.26. The molecular weight excluding hydrogens is 773 g/mol. The lowest BCUT2D eigenvalue weighted by Gasteiger charge is -2.15. The Morgan fingerprint density at radius 2 is 1.15 bits per heavy atom. The van der Waals surface area contributed by atoms with Crippen LogP contribution in [0.1, 0.15) is 85.3 Å². The van der Waals surface area contributed by atoms with E-state index in [1.165, 1.54) is 37.2 Å². The van der Waals surface area contributed by atoms with Gasteiger partial charge in [0.05, 0.1) is 13.2 Å².